The van der Waals surface area contributed by atoms with Gasteiger partial charge in [0.05, 0.1) is 0 Å². The van der Waals surface area contributed by atoms with Crippen molar-refractivity contribution in [3.8, 4) is 0 Å². The molecule has 4 saturated carbocycles. The topological polar surface area (TPSA) is 9.23 Å². The Morgan fingerprint density at radius 1 is 1.00 bits per heavy atom. The Kier molecular flexibility index (Phi) is 3.31. The van der Waals surface area contributed by atoms with Crippen LogP contribution >= 0.6 is 0 Å². The third-order valence-electron chi connectivity index (χ3n) is 9.62. The first kappa shape index (κ1) is 18.1. The van der Waals surface area contributed by atoms with Gasteiger partial charge in [-0.2, -0.15) is 0 Å². The standard InChI is InChI=1S/C24H33FOSi2/c1-15-8-19-20(9-15)22(25)7-6-21(19)23-13-16-10-17(14-23)12-18(11-16)24(23)27(2,3)26-28(24,4)5/h6-8,16-18H,9-14H2,1-5H3. The van der Waals surface area contributed by atoms with Crippen molar-refractivity contribution in [2.45, 2.75) is 81.7 Å². The number of hydrogen-bond acceptors (Lipinski definition) is 1. The minimum absolute atomic E-state index is 0.00324. The number of benzene rings is 1. The van der Waals surface area contributed by atoms with Crippen LogP contribution in [-0.4, -0.2) is 16.6 Å². The predicted molar refractivity (Wildman–Crippen MR) is 118 cm³/mol. The third kappa shape index (κ3) is 1.79. The lowest BCUT2D eigenvalue weighted by atomic mass is 9.46. The van der Waals surface area contributed by atoms with Crippen molar-refractivity contribution < 1.29 is 8.51 Å². The molecule has 0 N–H and O–H groups in total. The van der Waals surface area contributed by atoms with Gasteiger partial charge >= 0.3 is 0 Å². The zero-order chi connectivity index (χ0) is 19.7. The molecule has 0 radical (unpaired) electrons. The fourth-order valence-electron chi connectivity index (χ4n) is 10.1. The van der Waals surface area contributed by atoms with Crippen LogP contribution in [0.25, 0.3) is 6.08 Å². The van der Waals surface area contributed by atoms with E-state index in [2.05, 4.69) is 45.3 Å². The molecular formula is C24H33FOSi2. The van der Waals surface area contributed by atoms with E-state index in [0.717, 1.165) is 29.7 Å². The highest BCUT2D eigenvalue weighted by atomic mass is 28.5. The van der Waals surface area contributed by atoms with Gasteiger partial charge in [-0.1, -0.05) is 17.7 Å². The van der Waals surface area contributed by atoms with Gasteiger partial charge in [-0.3, -0.25) is 0 Å². The van der Waals surface area contributed by atoms with Crippen LogP contribution in [0.5, 0.6) is 0 Å². The van der Waals surface area contributed by atoms with Gasteiger partial charge in [0.15, 0.2) is 16.6 Å². The molecule has 2 unspecified atom stereocenters. The van der Waals surface area contributed by atoms with E-state index in [-0.39, 0.29) is 11.2 Å². The lowest BCUT2D eigenvalue weighted by Crippen LogP contribution is -2.85. The maximum atomic E-state index is 14.8. The fraction of sp³-hybridized carbons (Fsp3) is 0.667. The Bertz CT molecular complexity index is 903. The molecule has 5 fully saturated rings. The molecule has 1 heterocycles. The van der Waals surface area contributed by atoms with Gasteiger partial charge in [-0.05, 0) is 112 Å². The number of rotatable bonds is 1. The van der Waals surface area contributed by atoms with Crippen LogP contribution in [0.1, 0.15) is 55.7 Å². The molecule has 1 aliphatic heterocycles. The van der Waals surface area contributed by atoms with Crippen LogP contribution < -0.4 is 0 Å². The number of fused-ring (bicyclic) bond motifs is 1. The first-order chi connectivity index (χ1) is 13.1. The average Bonchev–Trinajstić information content (AvgIpc) is 2.94. The summed E-state index contributed by atoms with van der Waals surface area (Å²) < 4.78 is 22.1. The summed E-state index contributed by atoms with van der Waals surface area (Å²) in [6, 6.07) is 4.01. The Morgan fingerprint density at radius 3 is 2.25 bits per heavy atom. The van der Waals surface area contributed by atoms with Crippen LogP contribution in [0.15, 0.2) is 17.7 Å². The zero-order valence-electron chi connectivity index (χ0n) is 18.0. The van der Waals surface area contributed by atoms with Gasteiger partial charge < -0.3 is 4.12 Å². The van der Waals surface area contributed by atoms with Crippen molar-refractivity contribution in [1.29, 1.82) is 0 Å². The lowest BCUT2D eigenvalue weighted by molar-refractivity contribution is -0.0476. The number of allylic oxidation sites excluding steroid dienone is 1. The molecule has 0 amide bonds. The zero-order valence-corrected chi connectivity index (χ0v) is 20.0. The van der Waals surface area contributed by atoms with Crippen LogP contribution in [0.4, 0.5) is 4.39 Å². The van der Waals surface area contributed by atoms with E-state index >= 15 is 0 Å². The predicted octanol–water partition coefficient (Wildman–Crippen LogP) is 6.58. The SMILES string of the molecule is CC1=Cc2c(C34CC5CC(CC(C5)C35[Si](C)(C)O[Si]5(C)C)C4)ccc(F)c2C1. The van der Waals surface area contributed by atoms with Gasteiger partial charge in [-0.15, -0.1) is 0 Å². The molecule has 4 heteroatoms. The quantitative estimate of drug-likeness (QED) is 0.473. The van der Waals surface area contributed by atoms with Crippen molar-refractivity contribution in [2.75, 3.05) is 0 Å². The van der Waals surface area contributed by atoms with Gasteiger partial charge in [0.1, 0.15) is 5.82 Å². The van der Waals surface area contributed by atoms with E-state index in [9.17, 15) is 4.39 Å². The molecule has 4 bridgehead atoms. The van der Waals surface area contributed by atoms with Gasteiger partial charge in [-0.25, -0.2) is 4.39 Å². The van der Waals surface area contributed by atoms with E-state index in [0.29, 0.717) is 4.66 Å². The Morgan fingerprint density at radius 2 is 1.64 bits per heavy atom. The Balaban J connectivity index is 1.66. The van der Waals surface area contributed by atoms with E-state index in [4.69, 9.17) is 4.12 Å². The minimum Gasteiger partial charge on any atom is -0.455 e. The molecule has 1 saturated heterocycles. The minimum atomic E-state index is -1.81. The third-order valence-corrected chi connectivity index (χ3v) is 22.9. The van der Waals surface area contributed by atoms with Crippen molar-refractivity contribution >= 4 is 22.7 Å². The fourth-order valence-corrected chi connectivity index (χ4v) is 27.3. The largest absolute Gasteiger partial charge is 0.455 e. The summed E-state index contributed by atoms with van der Waals surface area (Å²) in [6.07, 6.45) is 10.1. The Hall–Kier alpha value is -0.716. The summed E-state index contributed by atoms with van der Waals surface area (Å²) in [5, 5.41) is 0. The summed E-state index contributed by atoms with van der Waals surface area (Å²) >= 11 is 0. The molecule has 6 aliphatic rings. The number of halogens is 1. The van der Waals surface area contributed by atoms with Gasteiger partial charge in [0, 0.05) is 10.1 Å². The summed E-state index contributed by atoms with van der Waals surface area (Å²) in [4.78, 5) is 0. The molecule has 7 rings (SSSR count). The molecule has 1 spiro atoms. The lowest BCUT2D eigenvalue weighted by Gasteiger charge is -2.81. The highest BCUT2D eigenvalue weighted by molar-refractivity contribution is 7.07. The second-order valence-corrected chi connectivity index (χ2v) is 20.6. The normalized spacial score (nSPS) is 40.4. The van der Waals surface area contributed by atoms with Crippen molar-refractivity contribution in [2.24, 2.45) is 17.8 Å². The van der Waals surface area contributed by atoms with E-state index in [1.165, 1.54) is 48.8 Å². The van der Waals surface area contributed by atoms with Crippen LogP contribution in [0.3, 0.4) is 0 Å². The van der Waals surface area contributed by atoms with Crippen molar-refractivity contribution in [3.63, 3.8) is 0 Å². The van der Waals surface area contributed by atoms with Crippen molar-refractivity contribution in [3.05, 3.63) is 40.2 Å². The molecule has 28 heavy (non-hydrogen) atoms. The number of hydrogen-bond donors (Lipinski definition) is 0. The average molecular weight is 413 g/mol. The molecular weight excluding hydrogens is 379 g/mol. The van der Waals surface area contributed by atoms with Crippen molar-refractivity contribution in [1.82, 2.24) is 0 Å². The summed E-state index contributed by atoms with van der Waals surface area (Å²) in [7, 11) is -3.62. The Labute approximate surface area is 171 Å². The van der Waals surface area contributed by atoms with E-state index in [1.54, 1.807) is 6.07 Å². The maximum Gasteiger partial charge on any atom is 0.180 e. The monoisotopic (exact) mass is 412 g/mol. The highest BCUT2D eigenvalue weighted by Gasteiger charge is 2.83. The van der Waals surface area contributed by atoms with Gasteiger partial charge in [0.25, 0.3) is 0 Å². The van der Waals surface area contributed by atoms with E-state index < -0.39 is 16.6 Å². The molecule has 1 aromatic carbocycles. The summed E-state index contributed by atoms with van der Waals surface area (Å²) in [6.45, 7) is 12.2. The van der Waals surface area contributed by atoms with E-state index in [1.807, 2.05) is 0 Å². The molecule has 150 valence electrons. The second-order valence-electron chi connectivity index (χ2n) is 11.7. The molecule has 1 aromatic rings. The molecule has 5 aliphatic carbocycles. The first-order valence-corrected chi connectivity index (χ1v) is 17.1. The smallest absolute Gasteiger partial charge is 0.180 e. The second kappa shape index (κ2) is 5.12. The van der Waals surface area contributed by atoms with Crippen LogP contribution in [0.2, 0.25) is 30.8 Å². The van der Waals surface area contributed by atoms with Crippen LogP contribution in [0, 0.1) is 23.6 Å². The highest BCUT2D eigenvalue weighted by Crippen LogP contribution is 2.82. The molecule has 2 atom stereocenters. The summed E-state index contributed by atoms with van der Waals surface area (Å²) in [5.74, 6) is 2.61. The summed E-state index contributed by atoms with van der Waals surface area (Å²) in [5.41, 5.74) is 5.31. The molecule has 1 nitrogen and oxygen atoms in total. The van der Waals surface area contributed by atoms with Crippen LogP contribution in [-0.2, 0) is 16.0 Å². The van der Waals surface area contributed by atoms with Gasteiger partial charge in [0.2, 0.25) is 0 Å². The first-order valence-electron chi connectivity index (χ1n) is 11.3. The maximum absolute atomic E-state index is 14.8. The molecule has 0 aromatic heterocycles.